The van der Waals surface area contributed by atoms with E-state index >= 15 is 0 Å². The Labute approximate surface area is 160 Å². The minimum atomic E-state index is 0. The van der Waals surface area contributed by atoms with Crippen molar-refractivity contribution >= 4 is 29.9 Å². The second-order valence-corrected chi connectivity index (χ2v) is 4.86. The molecule has 0 aliphatic heterocycles. The Morgan fingerprint density at radius 2 is 1.96 bits per heavy atom. The molecule has 0 aliphatic rings. The Kier molecular flexibility index (Phi) is 9.74. The van der Waals surface area contributed by atoms with Gasteiger partial charge in [-0.25, -0.2) is 9.98 Å². The first-order valence-corrected chi connectivity index (χ1v) is 7.73. The van der Waals surface area contributed by atoms with Gasteiger partial charge in [0.2, 0.25) is 5.88 Å². The van der Waals surface area contributed by atoms with E-state index in [2.05, 4.69) is 25.6 Å². The van der Waals surface area contributed by atoms with E-state index in [4.69, 9.17) is 4.74 Å². The topological polar surface area (TPSA) is 71.4 Å². The third-order valence-electron chi connectivity index (χ3n) is 3.19. The summed E-state index contributed by atoms with van der Waals surface area (Å²) in [6, 6.07) is 9.79. The molecule has 2 heterocycles. The molecular formula is C17H24IN5O. The van der Waals surface area contributed by atoms with Crippen molar-refractivity contribution in [3.63, 3.8) is 0 Å². The van der Waals surface area contributed by atoms with Crippen molar-refractivity contribution < 1.29 is 4.74 Å². The van der Waals surface area contributed by atoms with Crippen LogP contribution in [0.2, 0.25) is 0 Å². The summed E-state index contributed by atoms with van der Waals surface area (Å²) < 4.78 is 5.25. The van der Waals surface area contributed by atoms with Crippen LogP contribution in [-0.4, -0.2) is 36.1 Å². The van der Waals surface area contributed by atoms with Crippen LogP contribution in [0.25, 0.3) is 0 Å². The fraction of sp³-hybridized carbons (Fsp3) is 0.353. The second kappa shape index (κ2) is 11.6. The fourth-order valence-corrected chi connectivity index (χ4v) is 2.09. The Morgan fingerprint density at radius 1 is 1.12 bits per heavy atom. The molecule has 6 nitrogen and oxygen atoms in total. The van der Waals surface area contributed by atoms with Crippen LogP contribution in [0.5, 0.6) is 5.88 Å². The van der Waals surface area contributed by atoms with Crippen molar-refractivity contribution in [2.24, 2.45) is 4.99 Å². The monoisotopic (exact) mass is 441 g/mol. The van der Waals surface area contributed by atoms with E-state index in [9.17, 15) is 0 Å². The zero-order chi connectivity index (χ0) is 16.3. The highest BCUT2D eigenvalue weighted by molar-refractivity contribution is 14.0. The van der Waals surface area contributed by atoms with Gasteiger partial charge < -0.3 is 15.4 Å². The number of methoxy groups -OCH3 is 1. The summed E-state index contributed by atoms with van der Waals surface area (Å²) in [6.45, 7) is 4.13. The van der Waals surface area contributed by atoms with Crippen LogP contribution in [0.15, 0.2) is 47.7 Å². The summed E-state index contributed by atoms with van der Waals surface area (Å²) in [6.07, 6.45) is 4.37. The maximum atomic E-state index is 5.25. The van der Waals surface area contributed by atoms with Gasteiger partial charge >= 0.3 is 0 Å². The van der Waals surface area contributed by atoms with E-state index in [1.54, 1.807) is 13.3 Å². The van der Waals surface area contributed by atoms with Crippen LogP contribution in [0.4, 0.5) is 0 Å². The summed E-state index contributed by atoms with van der Waals surface area (Å²) in [5.41, 5.74) is 2.02. The van der Waals surface area contributed by atoms with E-state index in [1.165, 1.54) is 0 Å². The lowest BCUT2D eigenvalue weighted by molar-refractivity contribution is 0.392. The smallest absolute Gasteiger partial charge is 0.218 e. The number of hydrogen-bond acceptors (Lipinski definition) is 4. The van der Waals surface area contributed by atoms with Gasteiger partial charge in [0.25, 0.3) is 0 Å². The molecule has 2 aromatic heterocycles. The molecule has 0 amide bonds. The SMILES string of the molecule is CCNC(=NCc1cccnc1OC)NCCc1ccccn1.I. The molecule has 0 saturated carbocycles. The van der Waals surface area contributed by atoms with Crippen LogP contribution in [0.1, 0.15) is 18.2 Å². The largest absolute Gasteiger partial charge is 0.481 e. The van der Waals surface area contributed by atoms with Crippen molar-refractivity contribution in [1.29, 1.82) is 0 Å². The van der Waals surface area contributed by atoms with Gasteiger partial charge in [-0.05, 0) is 25.1 Å². The number of nitrogens with one attached hydrogen (secondary N) is 2. The second-order valence-electron chi connectivity index (χ2n) is 4.86. The molecule has 0 aliphatic carbocycles. The normalized spacial score (nSPS) is 10.7. The van der Waals surface area contributed by atoms with E-state index in [1.807, 2.05) is 43.5 Å². The summed E-state index contributed by atoms with van der Waals surface area (Å²) >= 11 is 0. The molecule has 0 atom stereocenters. The van der Waals surface area contributed by atoms with Crippen molar-refractivity contribution in [3.05, 3.63) is 54.0 Å². The average molecular weight is 441 g/mol. The molecule has 0 aromatic carbocycles. The third-order valence-corrected chi connectivity index (χ3v) is 3.19. The Bertz CT molecular complexity index is 621. The van der Waals surface area contributed by atoms with E-state index in [0.29, 0.717) is 12.4 Å². The molecule has 24 heavy (non-hydrogen) atoms. The Hall–Kier alpha value is -1.90. The number of ether oxygens (including phenoxy) is 1. The molecule has 0 fully saturated rings. The zero-order valence-electron chi connectivity index (χ0n) is 14.0. The maximum absolute atomic E-state index is 5.25. The van der Waals surface area contributed by atoms with Crippen LogP contribution >= 0.6 is 24.0 Å². The first-order chi connectivity index (χ1) is 11.3. The van der Waals surface area contributed by atoms with Crippen LogP contribution in [-0.2, 0) is 13.0 Å². The fourth-order valence-electron chi connectivity index (χ4n) is 2.09. The van der Waals surface area contributed by atoms with Crippen LogP contribution in [0, 0.1) is 0 Å². The first kappa shape index (κ1) is 20.1. The number of hydrogen-bond donors (Lipinski definition) is 2. The van der Waals surface area contributed by atoms with Crippen LogP contribution < -0.4 is 15.4 Å². The van der Waals surface area contributed by atoms with Gasteiger partial charge in [-0.3, -0.25) is 4.98 Å². The Balaban J connectivity index is 0.00000288. The van der Waals surface area contributed by atoms with Crippen molar-refractivity contribution in [3.8, 4) is 5.88 Å². The number of pyridine rings is 2. The number of nitrogens with zero attached hydrogens (tertiary/aromatic N) is 3. The van der Waals surface area contributed by atoms with Gasteiger partial charge in [0, 0.05) is 43.2 Å². The van der Waals surface area contributed by atoms with E-state index in [-0.39, 0.29) is 24.0 Å². The summed E-state index contributed by atoms with van der Waals surface area (Å²) in [5, 5.41) is 6.55. The van der Waals surface area contributed by atoms with Crippen molar-refractivity contribution in [2.75, 3.05) is 20.2 Å². The summed E-state index contributed by atoms with van der Waals surface area (Å²) in [5.74, 6) is 1.38. The van der Waals surface area contributed by atoms with Crippen molar-refractivity contribution in [1.82, 2.24) is 20.6 Å². The molecule has 2 N–H and O–H groups in total. The van der Waals surface area contributed by atoms with Gasteiger partial charge in [0.05, 0.1) is 13.7 Å². The maximum Gasteiger partial charge on any atom is 0.218 e. The lowest BCUT2D eigenvalue weighted by Crippen LogP contribution is -2.38. The van der Waals surface area contributed by atoms with Crippen LogP contribution in [0.3, 0.4) is 0 Å². The number of halogens is 1. The minimum absolute atomic E-state index is 0. The molecule has 130 valence electrons. The zero-order valence-corrected chi connectivity index (χ0v) is 16.4. The highest BCUT2D eigenvalue weighted by atomic mass is 127. The molecule has 0 bridgehead atoms. The highest BCUT2D eigenvalue weighted by Crippen LogP contribution is 2.14. The molecule has 2 aromatic rings. The van der Waals surface area contributed by atoms with Gasteiger partial charge in [-0.1, -0.05) is 12.1 Å². The summed E-state index contributed by atoms with van der Waals surface area (Å²) in [4.78, 5) is 13.1. The molecule has 0 radical (unpaired) electrons. The number of aliphatic imine (C=N–C) groups is 1. The van der Waals surface area contributed by atoms with Gasteiger partial charge in [-0.15, -0.1) is 24.0 Å². The Morgan fingerprint density at radius 3 is 2.67 bits per heavy atom. The quantitative estimate of drug-likeness (QED) is 0.393. The predicted octanol–water partition coefficient (Wildman–Crippen LogP) is 2.40. The van der Waals surface area contributed by atoms with E-state index in [0.717, 1.165) is 36.7 Å². The van der Waals surface area contributed by atoms with E-state index < -0.39 is 0 Å². The minimum Gasteiger partial charge on any atom is -0.481 e. The number of guanidine groups is 1. The van der Waals surface area contributed by atoms with Gasteiger partial charge in [-0.2, -0.15) is 0 Å². The molecule has 0 spiro atoms. The molecule has 7 heteroatoms. The molecule has 0 unspecified atom stereocenters. The molecule has 2 rings (SSSR count). The van der Waals surface area contributed by atoms with Gasteiger partial charge in [0.15, 0.2) is 5.96 Å². The summed E-state index contributed by atoms with van der Waals surface area (Å²) in [7, 11) is 1.62. The lowest BCUT2D eigenvalue weighted by Gasteiger charge is -2.11. The van der Waals surface area contributed by atoms with Gasteiger partial charge in [0.1, 0.15) is 0 Å². The lowest BCUT2D eigenvalue weighted by atomic mass is 10.2. The number of aromatic nitrogens is 2. The predicted molar refractivity (Wildman–Crippen MR) is 107 cm³/mol. The average Bonchev–Trinajstić information content (AvgIpc) is 2.61. The molecule has 0 saturated heterocycles. The number of rotatable bonds is 7. The standard InChI is InChI=1S/C17H23N5O.HI/c1-3-18-17(21-12-9-15-8-4-5-10-19-15)22-13-14-7-6-11-20-16(14)23-2;/h4-8,10-11H,3,9,12-13H2,1-2H3,(H2,18,21,22);1H. The third kappa shape index (κ3) is 6.69. The van der Waals surface area contributed by atoms with Crippen molar-refractivity contribution in [2.45, 2.75) is 19.9 Å². The molecular weight excluding hydrogens is 417 g/mol. The first-order valence-electron chi connectivity index (χ1n) is 7.73. The highest BCUT2D eigenvalue weighted by Gasteiger charge is 2.03.